The minimum absolute atomic E-state index is 0.0241. The molecule has 6 heteroatoms. The lowest BCUT2D eigenvalue weighted by Crippen LogP contribution is -2.23. The van der Waals surface area contributed by atoms with Gasteiger partial charge in [0.25, 0.3) is 0 Å². The number of halogens is 3. The Hall–Kier alpha value is -1.27. The maximum absolute atomic E-state index is 11.8. The Morgan fingerprint density at radius 3 is 2.63 bits per heavy atom. The fraction of sp³-hybridized carbons (Fsp3) is 0.538. The van der Waals surface area contributed by atoms with Crippen molar-refractivity contribution >= 4 is 0 Å². The summed E-state index contributed by atoms with van der Waals surface area (Å²) in [5.41, 5.74) is 0.972. The first-order valence-electron chi connectivity index (χ1n) is 6.09. The van der Waals surface area contributed by atoms with Crippen LogP contribution in [0.5, 0.6) is 5.75 Å². The van der Waals surface area contributed by atoms with Gasteiger partial charge in [0, 0.05) is 18.7 Å². The SMILES string of the molecule is CCOc1ccccc1CNCCOCC(F)(F)F. The van der Waals surface area contributed by atoms with E-state index in [-0.39, 0.29) is 6.61 Å². The van der Waals surface area contributed by atoms with Crippen molar-refractivity contribution in [3.63, 3.8) is 0 Å². The Balaban J connectivity index is 2.22. The largest absolute Gasteiger partial charge is 0.494 e. The Morgan fingerprint density at radius 2 is 1.95 bits per heavy atom. The molecule has 0 unspecified atom stereocenters. The molecule has 0 aliphatic carbocycles. The molecule has 108 valence electrons. The van der Waals surface area contributed by atoms with Gasteiger partial charge in [-0.2, -0.15) is 13.2 Å². The van der Waals surface area contributed by atoms with Crippen molar-refractivity contribution in [3.8, 4) is 5.75 Å². The molecule has 1 aromatic rings. The molecule has 0 bridgehead atoms. The standard InChI is InChI=1S/C13H18F3NO2/c1-2-19-12-6-4-3-5-11(12)9-17-7-8-18-10-13(14,15)16/h3-6,17H,2,7-10H2,1H3. The third-order valence-electron chi connectivity index (χ3n) is 2.28. The highest BCUT2D eigenvalue weighted by Crippen LogP contribution is 2.17. The average Bonchev–Trinajstić information content (AvgIpc) is 2.34. The zero-order chi connectivity index (χ0) is 14.1. The highest BCUT2D eigenvalue weighted by Gasteiger charge is 2.27. The number of rotatable bonds is 8. The van der Waals surface area contributed by atoms with Crippen LogP contribution in [0.15, 0.2) is 24.3 Å². The summed E-state index contributed by atoms with van der Waals surface area (Å²) in [6.07, 6.45) is -4.26. The number of para-hydroxylation sites is 1. The van der Waals surface area contributed by atoms with E-state index in [9.17, 15) is 13.2 Å². The molecule has 0 heterocycles. The van der Waals surface area contributed by atoms with Crippen LogP contribution in [0.4, 0.5) is 13.2 Å². The molecule has 1 aromatic carbocycles. The summed E-state index contributed by atoms with van der Waals surface area (Å²) in [7, 11) is 0. The van der Waals surface area contributed by atoms with Crippen LogP contribution in [0.3, 0.4) is 0 Å². The molecule has 0 saturated heterocycles. The first kappa shape index (κ1) is 15.8. The van der Waals surface area contributed by atoms with Gasteiger partial charge in [-0.05, 0) is 13.0 Å². The van der Waals surface area contributed by atoms with E-state index >= 15 is 0 Å². The molecule has 1 rings (SSSR count). The summed E-state index contributed by atoms with van der Waals surface area (Å²) in [6.45, 7) is 2.18. The number of hydrogen-bond acceptors (Lipinski definition) is 3. The van der Waals surface area contributed by atoms with Crippen LogP contribution < -0.4 is 10.1 Å². The van der Waals surface area contributed by atoms with E-state index in [1.54, 1.807) is 0 Å². The average molecular weight is 277 g/mol. The van der Waals surface area contributed by atoms with Crippen molar-refractivity contribution in [2.45, 2.75) is 19.6 Å². The summed E-state index contributed by atoms with van der Waals surface area (Å²) in [4.78, 5) is 0. The van der Waals surface area contributed by atoms with Crippen LogP contribution in [0, 0.1) is 0 Å². The highest BCUT2D eigenvalue weighted by atomic mass is 19.4. The molecule has 19 heavy (non-hydrogen) atoms. The fourth-order valence-electron chi connectivity index (χ4n) is 1.50. The van der Waals surface area contributed by atoms with Crippen molar-refractivity contribution in [3.05, 3.63) is 29.8 Å². The summed E-state index contributed by atoms with van der Waals surface area (Å²) in [6, 6.07) is 7.54. The summed E-state index contributed by atoms with van der Waals surface area (Å²) >= 11 is 0. The third kappa shape index (κ3) is 7.03. The number of nitrogens with one attached hydrogen (secondary N) is 1. The minimum Gasteiger partial charge on any atom is -0.494 e. The molecule has 0 amide bonds. The van der Waals surface area contributed by atoms with Gasteiger partial charge in [-0.3, -0.25) is 0 Å². The van der Waals surface area contributed by atoms with Gasteiger partial charge in [0.2, 0.25) is 0 Å². The van der Waals surface area contributed by atoms with Crippen LogP contribution in [-0.2, 0) is 11.3 Å². The van der Waals surface area contributed by atoms with Gasteiger partial charge in [0.15, 0.2) is 0 Å². The van der Waals surface area contributed by atoms with Crippen molar-refractivity contribution in [2.24, 2.45) is 0 Å². The Bertz CT molecular complexity index is 369. The van der Waals surface area contributed by atoms with Gasteiger partial charge in [-0.1, -0.05) is 18.2 Å². The van der Waals surface area contributed by atoms with Gasteiger partial charge >= 0.3 is 6.18 Å². The van der Waals surface area contributed by atoms with E-state index in [1.165, 1.54) is 0 Å². The molecular formula is C13H18F3NO2. The van der Waals surface area contributed by atoms with E-state index in [0.717, 1.165) is 11.3 Å². The van der Waals surface area contributed by atoms with Gasteiger partial charge < -0.3 is 14.8 Å². The highest BCUT2D eigenvalue weighted by molar-refractivity contribution is 5.33. The molecule has 0 atom stereocenters. The van der Waals surface area contributed by atoms with Crippen LogP contribution in [-0.4, -0.2) is 32.5 Å². The Morgan fingerprint density at radius 1 is 1.21 bits per heavy atom. The number of hydrogen-bond donors (Lipinski definition) is 1. The predicted octanol–water partition coefficient (Wildman–Crippen LogP) is 2.75. The van der Waals surface area contributed by atoms with Crippen molar-refractivity contribution in [2.75, 3.05) is 26.4 Å². The second-order valence-electron chi connectivity index (χ2n) is 3.89. The molecule has 0 aliphatic rings. The predicted molar refractivity (Wildman–Crippen MR) is 66.2 cm³/mol. The second kappa shape index (κ2) is 8.01. The molecule has 1 N–H and O–H groups in total. The van der Waals surface area contributed by atoms with Crippen molar-refractivity contribution in [1.82, 2.24) is 5.32 Å². The van der Waals surface area contributed by atoms with Gasteiger partial charge in [-0.25, -0.2) is 0 Å². The van der Waals surface area contributed by atoms with Crippen molar-refractivity contribution in [1.29, 1.82) is 0 Å². The molecule has 0 fully saturated rings. The minimum atomic E-state index is -4.26. The summed E-state index contributed by atoms with van der Waals surface area (Å²) in [5, 5.41) is 3.01. The van der Waals surface area contributed by atoms with Crippen LogP contribution in [0.1, 0.15) is 12.5 Å². The fourth-order valence-corrected chi connectivity index (χ4v) is 1.50. The summed E-state index contributed by atoms with van der Waals surface area (Å²) < 4.78 is 45.4. The van der Waals surface area contributed by atoms with E-state index in [0.29, 0.717) is 19.7 Å². The van der Waals surface area contributed by atoms with Crippen molar-refractivity contribution < 1.29 is 22.6 Å². The second-order valence-corrected chi connectivity index (χ2v) is 3.89. The molecule has 3 nitrogen and oxygen atoms in total. The first-order chi connectivity index (χ1) is 9.03. The lowest BCUT2D eigenvalue weighted by Gasteiger charge is -2.11. The molecular weight excluding hydrogens is 259 g/mol. The van der Waals surface area contributed by atoms with Crippen LogP contribution in [0.2, 0.25) is 0 Å². The van der Waals surface area contributed by atoms with E-state index in [2.05, 4.69) is 10.1 Å². The maximum atomic E-state index is 11.8. The van der Waals surface area contributed by atoms with E-state index < -0.39 is 12.8 Å². The lowest BCUT2D eigenvalue weighted by molar-refractivity contribution is -0.173. The Kier molecular flexibility index (Phi) is 6.66. The number of alkyl halides is 3. The Labute approximate surface area is 110 Å². The molecule has 0 saturated carbocycles. The molecule has 0 aliphatic heterocycles. The topological polar surface area (TPSA) is 30.5 Å². The monoisotopic (exact) mass is 277 g/mol. The first-order valence-corrected chi connectivity index (χ1v) is 6.09. The normalized spacial score (nSPS) is 11.6. The van der Waals surface area contributed by atoms with E-state index in [4.69, 9.17) is 4.74 Å². The smallest absolute Gasteiger partial charge is 0.411 e. The maximum Gasteiger partial charge on any atom is 0.411 e. The van der Waals surface area contributed by atoms with E-state index in [1.807, 2.05) is 31.2 Å². The molecule has 0 aromatic heterocycles. The number of benzene rings is 1. The van der Waals surface area contributed by atoms with Gasteiger partial charge in [0.1, 0.15) is 12.4 Å². The zero-order valence-electron chi connectivity index (χ0n) is 10.8. The molecule has 0 spiro atoms. The van der Waals surface area contributed by atoms with Gasteiger partial charge in [-0.15, -0.1) is 0 Å². The van der Waals surface area contributed by atoms with Gasteiger partial charge in [0.05, 0.1) is 13.2 Å². The molecule has 0 radical (unpaired) electrons. The third-order valence-corrected chi connectivity index (χ3v) is 2.28. The number of ether oxygens (including phenoxy) is 2. The van der Waals surface area contributed by atoms with Crippen LogP contribution in [0.25, 0.3) is 0 Å². The summed E-state index contributed by atoms with van der Waals surface area (Å²) in [5.74, 6) is 0.786. The quantitative estimate of drug-likeness (QED) is 0.741. The zero-order valence-corrected chi connectivity index (χ0v) is 10.8. The van der Waals surface area contributed by atoms with Crippen LogP contribution >= 0.6 is 0 Å². The lowest BCUT2D eigenvalue weighted by atomic mass is 10.2.